The van der Waals surface area contributed by atoms with Gasteiger partial charge in [-0.05, 0) is 43.9 Å². The van der Waals surface area contributed by atoms with Crippen molar-refractivity contribution in [3.63, 3.8) is 0 Å². The van der Waals surface area contributed by atoms with Gasteiger partial charge in [-0.3, -0.25) is 0 Å². The normalized spacial score (nSPS) is 10.2. The number of benzene rings is 2. The van der Waals surface area contributed by atoms with E-state index in [9.17, 15) is 4.79 Å². The minimum atomic E-state index is -0.113. The maximum Gasteiger partial charge on any atom is 0.314 e. The number of ether oxygens (including phenoxy) is 1. The second-order valence-electron chi connectivity index (χ2n) is 5.79. The first-order valence-corrected chi connectivity index (χ1v) is 8.49. The minimum Gasteiger partial charge on any atom is -0.494 e. The van der Waals surface area contributed by atoms with Crippen molar-refractivity contribution in [2.45, 2.75) is 26.2 Å². The third-order valence-corrected chi connectivity index (χ3v) is 3.67. The lowest BCUT2D eigenvalue weighted by Gasteiger charge is -2.09. The lowest BCUT2D eigenvalue weighted by atomic mass is 10.1. The van der Waals surface area contributed by atoms with Crippen LogP contribution in [0.15, 0.2) is 54.6 Å². The molecule has 2 aromatic rings. The first-order chi connectivity index (χ1) is 11.7. The van der Waals surface area contributed by atoms with Gasteiger partial charge in [0.1, 0.15) is 5.75 Å². The topological polar surface area (TPSA) is 50.4 Å². The standard InChI is InChI=1S/C20H26N2O2/c1-17-10-12-19(13-11-17)24-16-6-15-22-20(23)21-14-5-9-18-7-3-2-4-8-18/h2-4,7-8,10-13H,5-6,9,14-16H2,1H3,(H2,21,22,23). The van der Waals surface area contributed by atoms with E-state index >= 15 is 0 Å². The van der Waals surface area contributed by atoms with Crippen LogP contribution in [-0.4, -0.2) is 25.7 Å². The summed E-state index contributed by atoms with van der Waals surface area (Å²) in [6, 6.07) is 18.2. The molecule has 0 saturated heterocycles. The summed E-state index contributed by atoms with van der Waals surface area (Å²) in [5.41, 5.74) is 2.51. The van der Waals surface area contributed by atoms with Gasteiger partial charge >= 0.3 is 6.03 Å². The van der Waals surface area contributed by atoms with Crippen molar-refractivity contribution in [1.82, 2.24) is 10.6 Å². The molecule has 0 aromatic heterocycles. The van der Waals surface area contributed by atoms with Gasteiger partial charge in [0, 0.05) is 13.1 Å². The summed E-state index contributed by atoms with van der Waals surface area (Å²) >= 11 is 0. The van der Waals surface area contributed by atoms with Crippen LogP contribution in [0.2, 0.25) is 0 Å². The summed E-state index contributed by atoms with van der Waals surface area (Å²) in [5.74, 6) is 0.867. The molecular formula is C20H26N2O2. The molecule has 2 amide bonds. The molecule has 24 heavy (non-hydrogen) atoms. The molecule has 0 aliphatic heterocycles. The van der Waals surface area contributed by atoms with Gasteiger partial charge in [-0.2, -0.15) is 0 Å². The highest BCUT2D eigenvalue weighted by atomic mass is 16.5. The van der Waals surface area contributed by atoms with Crippen LogP contribution in [0.25, 0.3) is 0 Å². The van der Waals surface area contributed by atoms with E-state index in [2.05, 4.69) is 22.8 Å². The summed E-state index contributed by atoms with van der Waals surface area (Å²) in [4.78, 5) is 11.7. The van der Waals surface area contributed by atoms with E-state index < -0.39 is 0 Å². The number of hydrogen-bond acceptors (Lipinski definition) is 2. The molecule has 2 rings (SSSR count). The molecule has 0 bridgehead atoms. The second-order valence-corrected chi connectivity index (χ2v) is 5.79. The van der Waals surface area contributed by atoms with E-state index in [4.69, 9.17) is 4.74 Å². The van der Waals surface area contributed by atoms with Crippen molar-refractivity contribution in [3.05, 3.63) is 65.7 Å². The number of carbonyl (C=O) groups is 1. The Hall–Kier alpha value is -2.49. The molecule has 2 N–H and O–H groups in total. The Labute approximate surface area is 144 Å². The first kappa shape index (κ1) is 17.9. The number of carbonyl (C=O) groups excluding carboxylic acids is 1. The zero-order valence-corrected chi connectivity index (χ0v) is 14.3. The van der Waals surface area contributed by atoms with Crippen LogP contribution >= 0.6 is 0 Å². The SMILES string of the molecule is Cc1ccc(OCCCNC(=O)NCCCc2ccccc2)cc1. The van der Waals surface area contributed by atoms with E-state index in [1.807, 2.05) is 49.4 Å². The van der Waals surface area contributed by atoms with Crippen molar-refractivity contribution in [2.75, 3.05) is 19.7 Å². The predicted octanol–water partition coefficient (Wildman–Crippen LogP) is 3.70. The molecule has 4 heteroatoms. The third-order valence-electron chi connectivity index (χ3n) is 3.67. The molecule has 0 saturated carbocycles. The Bertz CT molecular complexity index is 597. The summed E-state index contributed by atoms with van der Waals surface area (Å²) in [5, 5.41) is 5.72. The van der Waals surface area contributed by atoms with Gasteiger partial charge in [-0.15, -0.1) is 0 Å². The number of amides is 2. The van der Waals surface area contributed by atoms with Gasteiger partial charge < -0.3 is 15.4 Å². The van der Waals surface area contributed by atoms with Crippen molar-refractivity contribution in [1.29, 1.82) is 0 Å². The number of nitrogens with one attached hydrogen (secondary N) is 2. The largest absolute Gasteiger partial charge is 0.494 e. The van der Waals surface area contributed by atoms with Crippen molar-refractivity contribution < 1.29 is 9.53 Å². The van der Waals surface area contributed by atoms with Crippen LogP contribution in [0.1, 0.15) is 24.0 Å². The fourth-order valence-corrected chi connectivity index (χ4v) is 2.30. The van der Waals surface area contributed by atoms with Gasteiger partial charge in [-0.25, -0.2) is 4.79 Å². The smallest absolute Gasteiger partial charge is 0.314 e. The average Bonchev–Trinajstić information content (AvgIpc) is 2.61. The zero-order chi connectivity index (χ0) is 17.0. The molecule has 0 spiro atoms. The molecule has 0 aliphatic rings. The van der Waals surface area contributed by atoms with Gasteiger partial charge in [-0.1, -0.05) is 48.0 Å². The third kappa shape index (κ3) is 7.18. The summed E-state index contributed by atoms with van der Waals surface area (Å²) in [6.45, 7) is 3.93. The Kier molecular flexibility index (Phi) is 7.68. The molecule has 4 nitrogen and oxygen atoms in total. The van der Waals surface area contributed by atoms with Crippen LogP contribution in [0.5, 0.6) is 5.75 Å². The molecule has 0 atom stereocenters. The Morgan fingerprint density at radius 2 is 1.58 bits per heavy atom. The molecule has 0 aliphatic carbocycles. The van der Waals surface area contributed by atoms with Crippen LogP contribution in [0.3, 0.4) is 0 Å². The van der Waals surface area contributed by atoms with Gasteiger partial charge in [0.25, 0.3) is 0 Å². The number of hydrogen-bond donors (Lipinski definition) is 2. The molecule has 0 radical (unpaired) electrons. The van der Waals surface area contributed by atoms with E-state index in [1.165, 1.54) is 11.1 Å². The average molecular weight is 326 g/mol. The van der Waals surface area contributed by atoms with E-state index in [-0.39, 0.29) is 6.03 Å². The fraction of sp³-hybridized carbons (Fsp3) is 0.350. The maximum atomic E-state index is 11.7. The lowest BCUT2D eigenvalue weighted by Crippen LogP contribution is -2.37. The number of urea groups is 1. The number of aryl methyl sites for hydroxylation is 2. The minimum absolute atomic E-state index is 0.113. The van der Waals surface area contributed by atoms with Crippen LogP contribution in [-0.2, 0) is 6.42 Å². The highest BCUT2D eigenvalue weighted by Gasteiger charge is 1.99. The van der Waals surface area contributed by atoms with Crippen molar-refractivity contribution >= 4 is 6.03 Å². The van der Waals surface area contributed by atoms with E-state index in [1.54, 1.807) is 0 Å². The highest BCUT2D eigenvalue weighted by Crippen LogP contribution is 2.11. The van der Waals surface area contributed by atoms with Gasteiger partial charge in [0.05, 0.1) is 6.61 Å². The first-order valence-electron chi connectivity index (χ1n) is 8.49. The Morgan fingerprint density at radius 3 is 2.29 bits per heavy atom. The number of rotatable bonds is 9. The monoisotopic (exact) mass is 326 g/mol. The molecular weight excluding hydrogens is 300 g/mol. The summed E-state index contributed by atoms with van der Waals surface area (Å²) in [7, 11) is 0. The van der Waals surface area contributed by atoms with Gasteiger partial charge in [0.15, 0.2) is 0 Å². The molecule has 128 valence electrons. The van der Waals surface area contributed by atoms with Crippen LogP contribution in [0, 0.1) is 6.92 Å². The molecule has 0 heterocycles. The van der Waals surface area contributed by atoms with E-state index in [0.29, 0.717) is 19.7 Å². The highest BCUT2D eigenvalue weighted by molar-refractivity contribution is 5.73. The van der Waals surface area contributed by atoms with Crippen LogP contribution < -0.4 is 15.4 Å². The summed E-state index contributed by atoms with van der Waals surface area (Å²) in [6.07, 6.45) is 2.70. The molecule has 0 fully saturated rings. The second kappa shape index (κ2) is 10.3. The molecule has 2 aromatic carbocycles. The van der Waals surface area contributed by atoms with Crippen molar-refractivity contribution in [2.24, 2.45) is 0 Å². The predicted molar refractivity (Wildman–Crippen MR) is 97.5 cm³/mol. The van der Waals surface area contributed by atoms with Gasteiger partial charge in [0.2, 0.25) is 0 Å². The van der Waals surface area contributed by atoms with E-state index in [0.717, 1.165) is 25.0 Å². The Balaban J connectivity index is 1.47. The zero-order valence-electron chi connectivity index (χ0n) is 14.3. The fourth-order valence-electron chi connectivity index (χ4n) is 2.30. The maximum absolute atomic E-state index is 11.7. The Morgan fingerprint density at radius 1 is 0.917 bits per heavy atom. The molecule has 0 unspecified atom stereocenters. The van der Waals surface area contributed by atoms with Crippen molar-refractivity contribution in [3.8, 4) is 5.75 Å². The van der Waals surface area contributed by atoms with Crippen LogP contribution in [0.4, 0.5) is 4.79 Å². The summed E-state index contributed by atoms with van der Waals surface area (Å²) < 4.78 is 5.62. The lowest BCUT2D eigenvalue weighted by molar-refractivity contribution is 0.239. The quantitative estimate of drug-likeness (QED) is 0.690.